The molecule has 2 aliphatic rings. The van der Waals surface area contributed by atoms with E-state index in [0.717, 1.165) is 22.5 Å². The Morgan fingerprint density at radius 3 is 2.68 bits per heavy atom. The molecule has 0 aromatic heterocycles. The van der Waals surface area contributed by atoms with E-state index in [1.54, 1.807) is 24.0 Å². The van der Waals surface area contributed by atoms with Crippen molar-refractivity contribution in [2.45, 2.75) is 13.2 Å². The van der Waals surface area contributed by atoms with Crippen LogP contribution in [0.2, 0.25) is 10.0 Å². The maximum atomic E-state index is 10.6. The molecule has 25 heavy (non-hydrogen) atoms. The molecule has 0 bridgehead atoms. The van der Waals surface area contributed by atoms with Crippen LogP contribution in [0.3, 0.4) is 0 Å². The summed E-state index contributed by atoms with van der Waals surface area (Å²) in [5.74, 6) is 0.559. The van der Waals surface area contributed by atoms with Crippen LogP contribution in [0.1, 0.15) is 18.1 Å². The zero-order valence-corrected chi connectivity index (χ0v) is 14.8. The summed E-state index contributed by atoms with van der Waals surface area (Å²) >= 11 is 12.6. The number of aliphatic hydroxyl groups is 1. The van der Waals surface area contributed by atoms with Gasteiger partial charge < -0.3 is 5.11 Å². The van der Waals surface area contributed by atoms with Crippen LogP contribution < -0.4 is 4.90 Å². The van der Waals surface area contributed by atoms with E-state index in [1.807, 2.05) is 30.3 Å². The highest BCUT2D eigenvalue weighted by atomic mass is 35.5. The fraction of sp³-hybridized carbons (Fsp3) is 0.167. The molecular weight excluding hydrogens is 359 g/mol. The zero-order chi connectivity index (χ0) is 17.6. The average Bonchev–Trinajstić information content (AvgIpc) is 2.76. The van der Waals surface area contributed by atoms with Crippen molar-refractivity contribution < 1.29 is 5.11 Å². The summed E-state index contributed by atoms with van der Waals surface area (Å²) in [6.45, 7) is 2.01. The van der Waals surface area contributed by atoms with Crippen LogP contribution in [0.5, 0.6) is 0 Å². The van der Waals surface area contributed by atoms with Gasteiger partial charge in [-0.25, -0.2) is 0 Å². The SMILES string of the molecule is CC1=NN=C2CN=C(c3ccccc3Cl)c3ccc(Cl)cc3N2C1O. The van der Waals surface area contributed by atoms with Gasteiger partial charge in [0, 0.05) is 21.2 Å². The molecule has 7 heteroatoms. The van der Waals surface area contributed by atoms with E-state index >= 15 is 0 Å². The minimum Gasteiger partial charge on any atom is -0.368 e. The Morgan fingerprint density at radius 1 is 1.08 bits per heavy atom. The number of anilines is 1. The Morgan fingerprint density at radius 2 is 1.88 bits per heavy atom. The quantitative estimate of drug-likeness (QED) is 0.828. The van der Waals surface area contributed by atoms with Crippen LogP contribution in [-0.2, 0) is 0 Å². The maximum Gasteiger partial charge on any atom is 0.173 e. The van der Waals surface area contributed by atoms with Crippen LogP contribution in [0.25, 0.3) is 0 Å². The molecule has 0 radical (unpaired) electrons. The van der Waals surface area contributed by atoms with Crippen molar-refractivity contribution in [3.8, 4) is 0 Å². The van der Waals surface area contributed by atoms with E-state index in [9.17, 15) is 5.11 Å². The first-order valence-corrected chi connectivity index (χ1v) is 8.49. The van der Waals surface area contributed by atoms with Gasteiger partial charge in [-0.1, -0.05) is 41.4 Å². The summed E-state index contributed by atoms with van der Waals surface area (Å²) in [6, 6.07) is 13.0. The van der Waals surface area contributed by atoms with Crippen molar-refractivity contribution in [2.75, 3.05) is 11.4 Å². The van der Waals surface area contributed by atoms with Gasteiger partial charge in [0.15, 0.2) is 12.1 Å². The largest absolute Gasteiger partial charge is 0.368 e. The summed E-state index contributed by atoms with van der Waals surface area (Å²) in [6.07, 6.45) is -0.912. The Balaban J connectivity index is 1.96. The van der Waals surface area contributed by atoms with E-state index in [1.165, 1.54) is 0 Å². The van der Waals surface area contributed by atoms with E-state index in [4.69, 9.17) is 28.2 Å². The van der Waals surface area contributed by atoms with Crippen LogP contribution in [0.15, 0.2) is 57.7 Å². The number of hydrogen-bond donors (Lipinski definition) is 1. The van der Waals surface area contributed by atoms with Gasteiger partial charge in [-0.2, -0.15) is 5.10 Å². The summed E-state index contributed by atoms with van der Waals surface area (Å²) in [5, 5.41) is 20.1. The first-order valence-electron chi connectivity index (χ1n) is 7.74. The topological polar surface area (TPSA) is 60.5 Å². The molecule has 1 atom stereocenters. The summed E-state index contributed by atoms with van der Waals surface area (Å²) in [5.41, 5.74) is 3.62. The smallest absolute Gasteiger partial charge is 0.173 e. The highest BCUT2D eigenvalue weighted by molar-refractivity contribution is 6.36. The van der Waals surface area contributed by atoms with Crippen molar-refractivity contribution in [3.63, 3.8) is 0 Å². The number of halogens is 2. The first-order chi connectivity index (χ1) is 12.1. The third-order valence-electron chi connectivity index (χ3n) is 4.20. The molecule has 2 aromatic rings. The summed E-state index contributed by atoms with van der Waals surface area (Å²) < 4.78 is 0. The molecule has 0 saturated heterocycles. The number of aliphatic hydroxyl groups excluding tert-OH is 1. The number of amidine groups is 1. The van der Waals surface area contributed by atoms with Gasteiger partial charge in [0.05, 0.1) is 23.7 Å². The molecule has 126 valence electrons. The zero-order valence-electron chi connectivity index (χ0n) is 13.3. The molecule has 0 saturated carbocycles. The van der Waals surface area contributed by atoms with Crippen LogP contribution >= 0.6 is 23.2 Å². The standard InChI is InChI=1S/C18H14Cl2N4O/c1-10-18(25)24-15-8-11(19)6-7-13(15)17(21-9-16(24)23-22-10)12-4-2-3-5-14(12)20/h2-8,18,25H,9H2,1H3. The Hall–Kier alpha value is -2.21. The number of hydrogen-bond acceptors (Lipinski definition) is 5. The molecule has 2 heterocycles. The summed E-state index contributed by atoms with van der Waals surface area (Å²) in [7, 11) is 0. The van der Waals surface area contributed by atoms with Crippen molar-refractivity contribution in [1.29, 1.82) is 0 Å². The monoisotopic (exact) mass is 372 g/mol. The molecule has 2 aliphatic heterocycles. The molecule has 5 nitrogen and oxygen atoms in total. The van der Waals surface area contributed by atoms with Crippen LogP contribution in [0, 0.1) is 0 Å². The minimum absolute atomic E-state index is 0.278. The third-order valence-corrected chi connectivity index (χ3v) is 4.77. The summed E-state index contributed by atoms with van der Waals surface area (Å²) in [4.78, 5) is 6.42. The Kier molecular flexibility index (Phi) is 4.07. The Labute approximate surface area is 154 Å². The van der Waals surface area contributed by atoms with Gasteiger partial charge in [0.25, 0.3) is 0 Å². The van der Waals surface area contributed by atoms with E-state index in [-0.39, 0.29) is 6.54 Å². The highest BCUT2D eigenvalue weighted by Gasteiger charge is 2.32. The Bertz CT molecular complexity index is 952. The molecule has 1 N–H and O–H groups in total. The fourth-order valence-corrected chi connectivity index (χ4v) is 3.36. The van der Waals surface area contributed by atoms with E-state index in [2.05, 4.69) is 10.2 Å². The molecular formula is C18H14Cl2N4O. The lowest BCUT2D eigenvalue weighted by molar-refractivity contribution is 0.247. The van der Waals surface area contributed by atoms with Crippen molar-refractivity contribution in [1.82, 2.24) is 0 Å². The number of rotatable bonds is 1. The normalized spacial score (nSPS) is 19.3. The minimum atomic E-state index is -0.912. The van der Waals surface area contributed by atoms with Gasteiger partial charge in [0.2, 0.25) is 0 Å². The third kappa shape index (κ3) is 2.74. The van der Waals surface area contributed by atoms with Gasteiger partial charge in [-0.3, -0.25) is 9.89 Å². The van der Waals surface area contributed by atoms with Gasteiger partial charge >= 0.3 is 0 Å². The van der Waals surface area contributed by atoms with Crippen molar-refractivity contribution >= 4 is 46.1 Å². The average molecular weight is 373 g/mol. The molecule has 4 rings (SSSR count). The second kappa shape index (κ2) is 6.26. The van der Waals surface area contributed by atoms with Gasteiger partial charge in [0.1, 0.15) is 0 Å². The van der Waals surface area contributed by atoms with Crippen LogP contribution in [0.4, 0.5) is 5.69 Å². The number of fused-ring (bicyclic) bond motifs is 3. The molecule has 0 fully saturated rings. The molecule has 0 amide bonds. The van der Waals surface area contributed by atoms with Crippen LogP contribution in [-0.4, -0.2) is 35.1 Å². The second-order valence-corrected chi connectivity index (χ2v) is 6.65. The fourth-order valence-electron chi connectivity index (χ4n) is 2.97. The number of benzene rings is 2. The lowest BCUT2D eigenvalue weighted by Crippen LogP contribution is -2.47. The highest BCUT2D eigenvalue weighted by Crippen LogP contribution is 2.33. The van der Waals surface area contributed by atoms with Gasteiger partial charge in [-0.15, -0.1) is 5.10 Å². The molecule has 0 spiro atoms. The lowest BCUT2D eigenvalue weighted by atomic mass is 10.00. The van der Waals surface area contributed by atoms with E-state index < -0.39 is 6.23 Å². The van der Waals surface area contributed by atoms with E-state index in [0.29, 0.717) is 21.6 Å². The second-order valence-electron chi connectivity index (χ2n) is 5.81. The predicted molar refractivity (Wildman–Crippen MR) is 102 cm³/mol. The molecule has 1 unspecified atom stereocenters. The van der Waals surface area contributed by atoms with Crippen molar-refractivity contribution in [3.05, 3.63) is 63.6 Å². The lowest BCUT2D eigenvalue weighted by Gasteiger charge is -2.32. The van der Waals surface area contributed by atoms with Crippen molar-refractivity contribution in [2.24, 2.45) is 15.2 Å². The van der Waals surface area contributed by atoms with Gasteiger partial charge in [-0.05, 0) is 31.2 Å². The molecule has 0 aliphatic carbocycles. The number of aliphatic imine (C=N–C) groups is 1. The maximum absolute atomic E-state index is 10.6. The predicted octanol–water partition coefficient (Wildman–Crippen LogP) is 3.76. The molecule has 2 aromatic carbocycles. The first kappa shape index (κ1) is 16.3. The number of nitrogens with zero attached hydrogens (tertiary/aromatic N) is 4.